The Balaban J connectivity index is 1.73. The number of pyridine rings is 1. The van der Waals surface area contributed by atoms with E-state index < -0.39 is 0 Å². The summed E-state index contributed by atoms with van der Waals surface area (Å²) in [5.74, 6) is 5.73. The van der Waals surface area contributed by atoms with Crippen molar-refractivity contribution in [3.05, 3.63) is 29.6 Å². The lowest BCUT2D eigenvalue weighted by Crippen LogP contribution is -2.51. The van der Waals surface area contributed by atoms with E-state index >= 15 is 0 Å². The molecule has 3 N–H and O–H groups in total. The molecule has 3 heterocycles. The molecular weight excluding hydrogens is 240 g/mol. The Morgan fingerprint density at radius 1 is 1.53 bits per heavy atom. The van der Waals surface area contributed by atoms with Gasteiger partial charge in [-0.15, -0.1) is 0 Å². The molecule has 19 heavy (non-hydrogen) atoms. The monoisotopic (exact) mass is 262 g/mol. The third kappa shape index (κ3) is 2.65. The van der Waals surface area contributed by atoms with Gasteiger partial charge in [0.2, 0.25) is 0 Å². The van der Waals surface area contributed by atoms with Crippen molar-refractivity contribution in [2.75, 3.05) is 19.7 Å². The number of nitrogens with zero attached hydrogens (tertiary/aromatic N) is 2. The number of nitrogens with one attached hydrogen (secondary N) is 1. The number of rotatable bonds is 3. The molecular formula is C14H22N4O. The van der Waals surface area contributed by atoms with Crippen LogP contribution in [-0.2, 0) is 4.74 Å². The summed E-state index contributed by atoms with van der Waals surface area (Å²) in [5, 5.41) is 0. The summed E-state index contributed by atoms with van der Waals surface area (Å²) < 4.78 is 6.02. The minimum atomic E-state index is 0.00894. The van der Waals surface area contributed by atoms with E-state index in [0.717, 1.165) is 24.4 Å². The molecule has 3 atom stereocenters. The molecule has 0 amide bonds. The Bertz CT molecular complexity index is 422. The Morgan fingerprint density at radius 2 is 2.42 bits per heavy atom. The minimum absolute atomic E-state index is 0.00894. The molecule has 2 fully saturated rings. The Morgan fingerprint density at radius 3 is 3.16 bits per heavy atom. The zero-order chi connectivity index (χ0) is 13.2. The zero-order valence-corrected chi connectivity index (χ0v) is 11.4. The van der Waals surface area contributed by atoms with Gasteiger partial charge in [-0.3, -0.25) is 21.2 Å². The van der Waals surface area contributed by atoms with Crippen molar-refractivity contribution in [1.82, 2.24) is 15.3 Å². The smallest absolute Gasteiger partial charge is 0.0910 e. The van der Waals surface area contributed by atoms with Gasteiger partial charge in [0, 0.05) is 24.5 Å². The number of nitrogens with two attached hydrogens (primary N) is 1. The van der Waals surface area contributed by atoms with Gasteiger partial charge in [-0.1, -0.05) is 6.07 Å². The number of ether oxygens (including phenoxy) is 1. The van der Waals surface area contributed by atoms with Gasteiger partial charge in [-0.25, -0.2) is 0 Å². The topological polar surface area (TPSA) is 63.4 Å². The molecule has 0 aliphatic carbocycles. The van der Waals surface area contributed by atoms with Crippen molar-refractivity contribution in [1.29, 1.82) is 0 Å². The maximum Gasteiger partial charge on any atom is 0.0910 e. The standard InChI is InChI=1S/C14H22N4O/c1-10-4-5-11(7-16-10)14(17-15)13-8-18-6-2-3-12(18)9-19-13/h4-5,7,12-14,17H,2-3,6,8-9,15H2,1H3. The second-order valence-corrected chi connectivity index (χ2v) is 5.54. The number of hydrogen-bond acceptors (Lipinski definition) is 5. The molecule has 0 saturated carbocycles. The van der Waals surface area contributed by atoms with Crippen LogP contribution >= 0.6 is 0 Å². The molecule has 1 aromatic heterocycles. The molecule has 0 radical (unpaired) electrons. The third-order valence-electron chi connectivity index (χ3n) is 4.26. The number of hydrogen-bond donors (Lipinski definition) is 2. The van der Waals surface area contributed by atoms with Crippen LogP contribution in [0.2, 0.25) is 0 Å². The fourth-order valence-electron chi connectivity index (χ4n) is 3.13. The van der Waals surface area contributed by atoms with Crippen molar-refractivity contribution in [3.8, 4) is 0 Å². The lowest BCUT2D eigenvalue weighted by atomic mass is 10.0. The normalized spacial score (nSPS) is 29.2. The first-order valence-electron chi connectivity index (χ1n) is 7.02. The average molecular weight is 262 g/mol. The highest BCUT2D eigenvalue weighted by atomic mass is 16.5. The van der Waals surface area contributed by atoms with E-state index in [1.807, 2.05) is 19.2 Å². The summed E-state index contributed by atoms with van der Waals surface area (Å²) >= 11 is 0. The zero-order valence-electron chi connectivity index (χ0n) is 11.4. The first-order valence-corrected chi connectivity index (χ1v) is 7.02. The number of aromatic nitrogens is 1. The van der Waals surface area contributed by atoms with Crippen molar-refractivity contribution in [3.63, 3.8) is 0 Å². The lowest BCUT2D eigenvalue weighted by molar-refractivity contribution is -0.0653. The van der Waals surface area contributed by atoms with Gasteiger partial charge >= 0.3 is 0 Å². The van der Waals surface area contributed by atoms with E-state index in [4.69, 9.17) is 10.6 Å². The predicted molar refractivity (Wildman–Crippen MR) is 73.4 cm³/mol. The van der Waals surface area contributed by atoms with Crippen LogP contribution in [-0.4, -0.2) is 41.7 Å². The summed E-state index contributed by atoms with van der Waals surface area (Å²) in [7, 11) is 0. The quantitative estimate of drug-likeness (QED) is 0.622. The van der Waals surface area contributed by atoms with E-state index in [1.165, 1.54) is 19.4 Å². The van der Waals surface area contributed by atoms with Gasteiger partial charge in [0.05, 0.1) is 18.8 Å². The molecule has 0 bridgehead atoms. The summed E-state index contributed by atoms with van der Waals surface area (Å²) in [6.07, 6.45) is 4.54. The molecule has 2 aliphatic heterocycles. The van der Waals surface area contributed by atoms with Crippen LogP contribution in [0.1, 0.15) is 30.1 Å². The van der Waals surface area contributed by atoms with E-state index in [9.17, 15) is 0 Å². The van der Waals surface area contributed by atoms with Crippen LogP contribution in [0.15, 0.2) is 18.3 Å². The van der Waals surface area contributed by atoms with Gasteiger partial charge < -0.3 is 4.74 Å². The van der Waals surface area contributed by atoms with E-state index in [2.05, 4.69) is 21.4 Å². The van der Waals surface area contributed by atoms with Crippen LogP contribution < -0.4 is 11.3 Å². The highest BCUT2D eigenvalue weighted by Gasteiger charge is 2.36. The van der Waals surface area contributed by atoms with E-state index in [1.54, 1.807) is 0 Å². The van der Waals surface area contributed by atoms with Crippen LogP contribution in [0.5, 0.6) is 0 Å². The first kappa shape index (κ1) is 13.0. The van der Waals surface area contributed by atoms with Crippen LogP contribution in [0.4, 0.5) is 0 Å². The largest absolute Gasteiger partial charge is 0.373 e. The highest BCUT2D eigenvalue weighted by molar-refractivity contribution is 5.19. The average Bonchev–Trinajstić information content (AvgIpc) is 2.89. The molecule has 0 aromatic carbocycles. The Kier molecular flexibility index (Phi) is 3.79. The van der Waals surface area contributed by atoms with Gasteiger partial charge in [0.15, 0.2) is 0 Å². The number of fused-ring (bicyclic) bond motifs is 1. The van der Waals surface area contributed by atoms with Gasteiger partial charge in [0.1, 0.15) is 0 Å². The first-order chi connectivity index (χ1) is 9.28. The summed E-state index contributed by atoms with van der Waals surface area (Å²) in [5.41, 5.74) is 5.01. The van der Waals surface area contributed by atoms with Gasteiger partial charge in [0.25, 0.3) is 0 Å². The molecule has 2 aliphatic rings. The molecule has 104 valence electrons. The molecule has 2 saturated heterocycles. The lowest BCUT2D eigenvalue weighted by Gasteiger charge is -2.38. The maximum absolute atomic E-state index is 6.02. The van der Waals surface area contributed by atoms with Gasteiger partial charge in [-0.2, -0.15) is 0 Å². The second kappa shape index (κ2) is 5.54. The molecule has 3 rings (SSSR count). The number of morpholine rings is 1. The summed E-state index contributed by atoms with van der Waals surface area (Å²) in [6.45, 7) is 4.95. The molecule has 0 spiro atoms. The predicted octanol–water partition coefficient (Wildman–Crippen LogP) is 0.758. The van der Waals surface area contributed by atoms with Gasteiger partial charge in [-0.05, 0) is 37.9 Å². The molecule has 3 unspecified atom stereocenters. The maximum atomic E-state index is 6.02. The van der Waals surface area contributed by atoms with E-state index in [-0.39, 0.29) is 12.1 Å². The fraction of sp³-hybridized carbons (Fsp3) is 0.643. The number of aryl methyl sites for hydroxylation is 1. The fourth-order valence-corrected chi connectivity index (χ4v) is 3.13. The van der Waals surface area contributed by atoms with E-state index in [0.29, 0.717) is 6.04 Å². The second-order valence-electron chi connectivity index (χ2n) is 5.54. The van der Waals surface area contributed by atoms with Crippen LogP contribution in [0, 0.1) is 6.92 Å². The molecule has 5 nitrogen and oxygen atoms in total. The number of hydrazine groups is 1. The van der Waals surface area contributed by atoms with Crippen LogP contribution in [0.25, 0.3) is 0 Å². The van der Waals surface area contributed by atoms with Crippen LogP contribution in [0.3, 0.4) is 0 Å². The molecule has 5 heteroatoms. The SMILES string of the molecule is Cc1ccc(C(NN)C2CN3CCCC3CO2)cn1. The Labute approximate surface area is 114 Å². The summed E-state index contributed by atoms with van der Waals surface area (Å²) in [6, 6.07) is 4.72. The van der Waals surface area contributed by atoms with Crippen molar-refractivity contribution >= 4 is 0 Å². The molecule has 1 aromatic rings. The highest BCUT2D eigenvalue weighted by Crippen LogP contribution is 2.28. The van der Waals surface area contributed by atoms with Crippen molar-refractivity contribution in [2.45, 2.75) is 38.0 Å². The van der Waals surface area contributed by atoms with Crippen molar-refractivity contribution < 1.29 is 4.74 Å². The summed E-state index contributed by atoms with van der Waals surface area (Å²) in [4.78, 5) is 6.87. The minimum Gasteiger partial charge on any atom is -0.373 e. The Hall–Kier alpha value is -1.01. The van der Waals surface area contributed by atoms with Crippen molar-refractivity contribution in [2.24, 2.45) is 5.84 Å². The third-order valence-corrected chi connectivity index (χ3v) is 4.26.